The Morgan fingerprint density at radius 1 is 1.26 bits per heavy atom. The second kappa shape index (κ2) is 8.23. The van der Waals surface area contributed by atoms with E-state index in [-0.39, 0.29) is 0 Å². The molecule has 2 N–H and O–H groups in total. The zero-order chi connectivity index (χ0) is 14.4. The van der Waals surface area contributed by atoms with Gasteiger partial charge >= 0.3 is 0 Å². The van der Waals surface area contributed by atoms with Gasteiger partial charge in [-0.25, -0.2) is 0 Å². The van der Waals surface area contributed by atoms with Crippen molar-refractivity contribution >= 4 is 0 Å². The maximum atomic E-state index is 6.36. The number of methoxy groups -OCH3 is 1. The minimum Gasteiger partial charge on any atom is -0.383 e. The molecule has 3 nitrogen and oxygen atoms in total. The van der Waals surface area contributed by atoms with Gasteiger partial charge in [-0.15, -0.1) is 0 Å². The number of nitrogens with zero attached hydrogens (tertiary/aromatic N) is 1. The number of likely N-dealkylation sites (N-methyl/N-ethyl adjacent to an activating group) is 1. The third-order valence-electron chi connectivity index (χ3n) is 4.93. The van der Waals surface area contributed by atoms with Crippen LogP contribution >= 0.6 is 0 Å². The van der Waals surface area contributed by atoms with Crippen molar-refractivity contribution in [1.82, 2.24) is 4.90 Å². The smallest absolute Gasteiger partial charge is 0.0615 e. The summed E-state index contributed by atoms with van der Waals surface area (Å²) >= 11 is 0. The molecule has 0 aliphatic heterocycles. The normalized spacial score (nSPS) is 30.0. The van der Waals surface area contributed by atoms with Crippen LogP contribution in [0.4, 0.5) is 0 Å². The fourth-order valence-corrected chi connectivity index (χ4v) is 3.41. The summed E-state index contributed by atoms with van der Waals surface area (Å²) in [5.74, 6) is 2.31. The fourth-order valence-electron chi connectivity index (χ4n) is 3.41. The molecule has 0 saturated heterocycles. The zero-order valence-corrected chi connectivity index (χ0v) is 13.6. The van der Waals surface area contributed by atoms with E-state index in [1.54, 1.807) is 7.11 Å². The van der Waals surface area contributed by atoms with E-state index in [9.17, 15) is 0 Å². The molecule has 114 valence electrons. The lowest BCUT2D eigenvalue weighted by Gasteiger charge is -2.40. The largest absolute Gasteiger partial charge is 0.383 e. The van der Waals surface area contributed by atoms with Crippen molar-refractivity contribution in [1.29, 1.82) is 0 Å². The molecule has 4 unspecified atom stereocenters. The van der Waals surface area contributed by atoms with Crippen LogP contribution in [-0.4, -0.2) is 43.8 Å². The number of rotatable bonds is 7. The first-order valence-electron chi connectivity index (χ1n) is 7.98. The maximum absolute atomic E-state index is 6.36. The van der Waals surface area contributed by atoms with Crippen molar-refractivity contribution in [2.45, 2.75) is 59.0 Å². The average Bonchev–Trinajstić information content (AvgIpc) is 2.37. The molecular weight excluding hydrogens is 236 g/mol. The van der Waals surface area contributed by atoms with Crippen LogP contribution in [0, 0.1) is 17.8 Å². The van der Waals surface area contributed by atoms with Gasteiger partial charge in [-0.2, -0.15) is 0 Å². The third kappa shape index (κ3) is 5.05. The maximum Gasteiger partial charge on any atom is 0.0615 e. The second-order valence-electron chi connectivity index (χ2n) is 6.63. The molecule has 19 heavy (non-hydrogen) atoms. The van der Waals surface area contributed by atoms with Crippen LogP contribution in [0.15, 0.2) is 0 Å². The van der Waals surface area contributed by atoms with Crippen molar-refractivity contribution in [3.8, 4) is 0 Å². The molecule has 3 heteroatoms. The van der Waals surface area contributed by atoms with Gasteiger partial charge in [0.2, 0.25) is 0 Å². The summed E-state index contributed by atoms with van der Waals surface area (Å²) in [6.07, 6.45) is 3.81. The van der Waals surface area contributed by atoms with Crippen molar-refractivity contribution in [3.63, 3.8) is 0 Å². The number of ether oxygens (including phenoxy) is 1. The van der Waals surface area contributed by atoms with Crippen LogP contribution in [0.1, 0.15) is 47.0 Å². The van der Waals surface area contributed by atoms with Gasteiger partial charge in [-0.05, 0) is 50.5 Å². The Hall–Kier alpha value is -0.120. The highest BCUT2D eigenvalue weighted by atomic mass is 16.5. The molecule has 4 atom stereocenters. The molecule has 0 aromatic carbocycles. The zero-order valence-electron chi connectivity index (χ0n) is 13.6. The van der Waals surface area contributed by atoms with Crippen LogP contribution in [0.5, 0.6) is 0 Å². The van der Waals surface area contributed by atoms with E-state index in [1.807, 2.05) is 0 Å². The van der Waals surface area contributed by atoms with Gasteiger partial charge in [-0.3, -0.25) is 4.90 Å². The van der Waals surface area contributed by atoms with Gasteiger partial charge in [0.1, 0.15) is 0 Å². The van der Waals surface area contributed by atoms with E-state index in [0.717, 1.165) is 31.5 Å². The minimum absolute atomic E-state index is 0.388. The average molecular weight is 270 g/mol. The molecule has 1 saturated carbocycles. The highest BCUT2D eigenvalue weighted by Gasteiger charge is 2.31. The van der Waals surface area contributed by atoms with Crippen LogP contribution in [0.3, 0.4) is 0 Å². The first kappa shape index (κ1) is 16.9. The van der Waals surface area contributed by atoms with Gasteiger partial charge in [0, 0.05) is 25.7 Å². The predicted octanol–water partition coefficient (Wildman–Crippen LogP) is 2.74. The fraction of sp³-hybridized carbons (Fsp3) is 1.00. The van der Waals surface area contributed by atoms with Crippen molar-refractivity contribution in [2.75, 3.05) is 26.8 Å². The molecule has 0 radical (unpaired) electrons. The quantitative estimate of drug-likeness (QED) is 0.773. The Bertz CT molecular complexity index is 245. The molecule has 0 aromatic heterocycles. The van der Waals surface area contributed by atoms with E-state index < -0.39 is 0 Å². The van der Waals surface area contributed by atoms with Crippen LogP contribution in [0.2, 0.25) is 0 Å². The standard InChI is InChI=1S/C16H34N2O/c1-6-18(13(4)11-19-5)10-15-9-14(12(2)3)7-8-16(15)17/h12-16H,6-11,17H2,1-5H3. The Morgan fingerprint density at radius 2 is 1.95 bits per heavy atom. The number of hydrogen-bond donors (Lipinski definition) is 1. The summed E-state index contributed by atoms with van der Waals surface area (Å²) in [4.78, 5) is 2.52. The lowest BCUT2D eigenvalue weighted by molar-refractivity contribution is 0.0718. The van der Waals surface area contributed by atoms with Crippen molar-refractivity contribution < 1.29 is 4.74 Å². The molecule has 1 rings (SSSR count). The second-order valence-corrected chi connectivity index (χ2v) is 6.63. The molecule has 0 amide bonds. The van der Waals surface area contributed by atoms with E-state index in [2.05, 4.69) is 32.6 Å². The van der Waals surface area contributed by atoms with E-state index >= 15 is 0 Å². The lowest BCUT2D eigenvalue weighted by Crippen LogP contribution is -2.47. The summed E-state index contributed by atoms with van der Waals surface area (Å²) < 4.78 is 5.29. The Balaban J connectivity index is 2.55. The summed E-state index contributed by atoms with van der Waals surface area (Å²) in [5, 5.41) is 0. The topological polar surface area (TPSA) is 38.5 Å². The molecule has 1 aliphatic rings. The Labute approximate surface area is 119 Å². The van der Waals surface area contributed by atoms with Gasteiger partial charge in [-0.1, -0.05) is 20.8 Å². The monoisotopic (exact) mass is 270 g/mol. The molecule has 0 aromatic rings. The summed E-state index contributed by atoms with van der Waals surface area (Å²) in [7, 11) is 1.78. The molecule has 0 spiro atoms. The van der Waals surface area contributed by atoms with Gasteiger partial charge < -0.3 is 10.5 Å². The van der Waals surface area contributed by atoms with E-state index in [4.69, 9.17) is 10.5 Å². The van der Waals surface area contributed by atoms with Crippen LogP contribution < -0.4 is 5.73 Å². The third-order valence-corrected chi connectivity index (χ3v) is 4.93. The van der Waals surface area contributed by atoms with Gasteiger partial charge in [0.15, 0.2) is 0 Å². The Kier molecular flexibility index (Phi) is 7.33. The summed E-state index contributed by atoms with van der Waals surface area (Å²) in [5.41, 5.74) is 6.36. The summed E-state index contributed by atoms with van der Waals surface area (Å²) in [6.45, 7) is 12.2. The minimum atomic E-state index is 0.388. The number of hydrogen-bond acceptors (Lipinski definition) is 3. The predicted molar refractivity (Wildman–Crippen MR) is 82.2 cm³/mol. The van der Waals surface area contributed by atoms with Gasteiger partial charge in [0.05, 0.1) is 6.61 Å². The molecule has 0 heterocycles. The Morgan fingerprint density at radius 3 is 2.47 bits per heavy atom. The first-order chi connectivity index (χ1) is 8.99. The van der Waals surface area contributed by atoms with Crippen LogP contribution in [-0.2, 0) is 4.74 Å². The van der Waals surface area contributed by atoms with Gasteiger partial charge in [0.25, 0.3) is 0 Å². The molecule has 1 aliphatic carbocycles. The van der Waals surface area contributed by atoms with Crippen molar-refractivity contribution in [3.05, 3.63) is 0 Å². The summed E-state index contributed by atoms with van der Waals surface area (Å²) in [6, 6.07) is 0.875. The van der Waals surface area contributed by atoms with Crippen molar-refractivity contribution in [2.24, 2.45) is 23.5 Å². The first-order valence-corrected chi connectivity index (χ1v) is 7.98. The SMILES string of the molecule is CCN(CC1CC(C(C)C)CCC1N)C(C)COC. The molecule has 0 bridgehead atoms. The van der Waals surface area contributed by atoms with E-state index in [0.29, 0.717) is 18.0 Å². The molecular formula is C16H34N2O. The van der Waals surface area contributed by atoms with Crippen LogP contribution in [0.25, 0.3) is 0 Å². The highest BCUT2D eigenvalue weighted by molar-refractivity contribution is 4.86. The molecule has 1 fully saturated rings. The highest BCUT2D eigenvalue weighted by Crippen LogP contribution is 2.33. The lowest BCUT2D eigenvalue weighted by atomic mass is 9.73. The number of nitrogens with two attached hydrogens (primary N) is 1. The van der Waals surface area contributed by atoms with E-state index in [1.165, 1.54) is 19.3 Å².